The zero-order valence-corrected chi connectivity index (χ0v) is 18.8. The van der Waals surface area contributed by atoms with E-state index >= 15 is 0 Å². The quantitative estimate of drug-likeness (QED) is 0.308. The normalized spacial score (nSPS) is 11.6. The molecule has 0 aliphatic heterocycles. The lowest BCUT2D eigenvalue weighted by Gasteiger charge is -2.27. The van der Waals surface area contributed by atoms with Crippen molar-refractivity contribution in [1.82, 2.24) is 4.90 Å². The fourth-order valence-corrected chi connectivity index (χ4v) is 3.55. The molecule has 0 unspecified atom stereocenters. The van der Waals surface area contributed by atoms with E-state index in [1.54, 1.807) is 25.1 Å². The van der Waals surface area contributed by atoms with Crippen molar-refractivity contribution in [3.63, 3.8) is 0 Å². The van der Waals surface area contributed by atoms with Crippen LogP contribution in [0.1, 0.15) is 84.6 Å². The van der Waals surface area contributed by atoms with Crippen LogP contribution in [-0.4, -0.2) is 31.0 Å². The van der Waals surface area contributed by atoms with Crippen molar-refractivity contribution in [2.45, 2.75) is 91.6 Å². The van der Waals surface area contributed by atoms with E-state index in [-0.39, 0.29) is 17.7 Å². The van der Waals surface area contributed by atoms with Crippen molar-refractivity contribution in [3.8, 4) is 5.75 Å². The lowest BCUT2D eigenvalue weighted by atomic mass is 10.1. The predicted molar refractivity (Wildman–Crippen MR) is 115 cm³/mol. The zero-order chi connectivity index (χ0) is 21.0. The number of rotatable bonds is 14. The first-order chi connectivity index (χ1) is 13.3. The number of benzene rings is 1. The number of unbranched alkanes of at least 4 members (excludes halogenated alkanes) is 6. The van der Waals surface area contributed by atoms with Crippen LogP contribution in [0.5, 0.6) is 5.75 Å². The van der Waals surface area contributed by atoms with Gasteiger partial charge >= 0.3 is 10.1 Å². The summed E-state index contributed by atoms with van der Waals surface area (Å²) >= 11 is 0. The Balaban J connectivity index is 2.59. The molecule has 5 nitrogen and oxygen atoms in total. The Labute approximate surface area is 171 Å². The van der Waals surface area contributed by atoms with Crippen LogP contribution in [0, 0.1) is 0 Å². The summed E-state index contributed by atoms with van der Waals surface area (Å²) in [7, 11) is -3.55. The molecule has 1 amide bonds. The first-order valence-electron chi connectivity index (χ1n) is 10.6. The van der Waals surface area contributed by atoms with Crippen LogP contribution in [0.3, 0.4) is 0 Å². The van der Waals surface area contributed by atoms with Gasteiger partial charge in [-0.25, -0.2) is 0 Å². The highest BCUT2D eigenvalue weighted by Crippen LogP contribution is 2.19. The van der Waals surface area contributed by atoms with Crippen LogP contribution in [0.2, 0.25) is 0 Å². The molecule has 0 bridgehead atoms. The van der Waals surface area contributed by atoms with Crippen LogP contribution in [0.25, 0.3) is 0 Å². The van der Waals surface area contributed by atoms with Gasteiger partial charge in [0.15, 0.2) is 0 Å². The van der Waals surface area contributed by atoms with E-state index in [1.165, 1.54) is 32.1 Å². The van der Waals surface area contributed by atoms with Gasteiger partial charge in [0.2, 0.25) is 5.91 Å². The van der Waals surface area contributed by atoms with Gasteiger partial charge in [-0.3, -0.25) is 4.79 Å². The molecule has 0 fully saturated rings. The molecule has 0 atom stereocenters. The fourth-order valence-electron chi connectivity index (χ4n) is 3.03. The number of carbonyl (C=O) groups is 1. The summed E-state index contributed by atoms with van der Waals surface area (Å²) in [6.45, 7) is 8.22. The third kappa shape index (κ3) is 9.58. The highest BCUT2D eigenvalue weighted by Gasteiger charge is 2.18. The van der Waals surface area contributed by atoms with E-state index in [2.05, 4.69) is 6.92 Å². The molecule has 1 aromatic rings. The number of nitrogens with zero attached hydrogens (tertiary/aromatic N) is 1. The van der Waals surface area contributed by atoms with E-state index in [0.717, 1.165) is 18.4 Å². The van der Waals surface area contributed by atoms with Crippen LogP contribution in [0.15, 0.2) is 24.3 Å². The van der Waals surface area contributed by atoms with Gasteiger partial charge in [0.25, 0.3) is 0 Å². The van der Waals surface area contributed by atoms with Gasteiger partial charge in [0, 0.05) is 19.0 Å². The van der Waals surface area contributed by atoms with Gasteiger partial charge in [-0.1, -0.05) is 57.6 Å². The molecule has 0 aromatic heterocycles. The molecule has 0 aliphatic carbocycles. The third-order valence-corrected chi connectivity index (χ3v) is 5.92. The Morgan fingerprint density at radius 3 is 2.29 bits per heavy atom. The van der Waals surface area contributed by atoms with Crippen LogP contribution in [0.4, 0.5) is 0 Å². The van der Waals surface area contributed by atoms with E-state index < -0.39 is 10.1 Å². The van der Waals surface area contributed by atoms with Crippen LogP contribution in [-0.2, 0) is 21.5 Å². The van der Waals surface area contributed by atoms with Crippen molar-refractivity contribution in [2.75, 3.05) is 5.75 Å². The highest BCUT2D eigenvalue weighted by atomic mass is 32.2. The summed E-state index contributed by atoms with van der Waals surface area (Å²) in [5.74, 6) is 0.366. The lowest BCUT2D eigenvalue weighted by molar-refractivity contribution is -0.133. The molecule has 1 rings (SSSR count). The maximum absolute atomic E-state index is 12.7. The molecule has 0 heterocycles. The number of hydrogen-bond acceptors (Lipinski definition) is 4. The third-order valence-electron chi connectivity index (χ3n) is 4.77. The summed E-state index contributed by atoms with van der Waals surface area (Å²) < 4.78 is 28.4. The smallest absolute Gasteiger partial charge is 0.308 e. The van der Waals surface area contributed by atoms with Gasteiger partial charge < -0.3 is 9.08 Å². The van der Waals surface area contributed by atoms with E-state index in [1.807, 2.05) is 24.8 Å². The summed E-state index contributed by atoms with van der Waals surface area (Å²) in [4.78, 5) is 14.5. The molecule has 0 aliphatic rings. The van der Waals surface area contributed by atoms with Crippen molar-refractivity contribution >= 4 is 16.0 Å². The van der Waals surface area contributed by atoms with Gasteiger partial charge in [0.05, 0.1) is 5.75 Å². The number of carbonyl (C=O) groups excluding carboxylic acids is 1. The van der Waals surface area contributed by atoms with Crippen LogP contribution < -0.4 is 4.18 Å². The van der Waals surface area contributed by atoms with Crippen molar-refractivity contribution in [2.24, 2.45) is 0 Å². The lowest BCUT2D eigenvalue weighted by Crippen LogP contribution is -2.36. The molecule has 0 spiro atoms. The standard InChI is InChI=1S/C22H37NO4S/c1-5-7-8-9-10-11-12-16-22(24)23(19(3)4)18-20-14-13-15-21(17-20)27-28(25,26)6-2/h13-15,17,19H,5-12,16,18H2,1-4H3. The molecule has 0 saturated carbocycles. The topological polar surface area (TPSA) is 63.7 Å². The summed E-state index contributed by atoms with van der Waals surface area (Å²) in [5.41, 5.74) is 0.866. The molecule has 0 N–H and O–H groups in total. The predicted octanol–water partition coefficient (Wildman–Crippen LogP) is 5.29. The Morgan fingerprint density at radius 1 is 1.04 bits per heavy atom. The largest absolute Gasteiger partial charge is 0.382 e. The van der Waals surface area contributed by atoms with Crippen molar-refractivity contribution < 1.29 is 17.4 Å². The minimum atomic E-state index is -3.55. The average Bonchev–Trinajstić information content (AvgIpc) is 2.65. The molecule has 6 heteroatoms. The minimum Gasteiger partial charge on any atom is -0.382 e. The minimum absolute atomic E-state index is 0.0771. The molecule has 28 heavy (non-hydrogen) atoms. The van der Waals surface area contributed by atoms with E-state index in [4.69, 9.17) is 4.18 Å². The Morgan fingerprint density at radius 2 is 1.68 bits per heavy atom. The molecule has 0 radical (unpaired) electrons. The van der Waals surface area contributed by atoms with Crippen molar-refractivity contribution in [1.29, 1.82) is 0 Å². The second-order valence-corrected chi connectivity index (χ2v) is 9.42. The number of amides is 1. The Hall–Kier alpha value is -1.56. The molecule has 1 aromatic carbocycles. The highest BCUT2D eigenvalue weighted by molar-refractivity contribution is 7.87. The summed E-state index contributed by atoms with van der Waals surface area (Å²) in [6.07, 6.45) is 8.86. The molecule has 160 valence electrons. The monoisotopic (exact) mass is 411 g/mol. The first kappa shape index (κ1) is 24.5. The SMILES string of the molecule is CCCCCCCCCC(=O)N(Cc1cccc(OS(=O)(=O)CC)c1)C(C)C. The van der Waals surface area contributed by atoms with E-state index in [0.29, 0.717) is 18.7 Å². The number of hydrogen-bond donors (Lipinski definition) is 0. The van der Waals surface area contributed by atoms with Gasteiger partial charge in [-0.15, -0.1) is 0 Å². The second kappa shape index (κ2) is 12.8. The average molecular weight is 412 g/mol. The fraction of sp³-hybridized carbons (Fsp3) is 0.682. The Kier molecular flexibility index (Phi) is 11.2. The zero-order valence-electron chi connectivity index (χ0n) is 17.9. The van der Waals surface area contributed by atoms with Gasteiger partial charge in [-0.2, -0.15) is 8.42 Å². The summed E-state index contributed by atoms with van der Waals surface area (Å²) in [5, 5.41) is 0. The van der Waals surface area contributed by atoms with E-state index in [9.17, 15) is 13.2 Å². The Bertz CT molecular complexity index is 686. The maximum Gasteiger partial charge on any atom is 0.308 e. The first-order valence-corrected chi connectivity index (χ1v) is 12.2. The van der Waals surface area contributed by atoms with Gasteiger partial charge in [0.1, 0.15) is 5.75 Å². The maximum atomic E-state index is 12.7. The van der Waals surface area contributed by atoms with Crippen LogP contribution >= 0.6 is 0 Å². The molecular formula is C22H37NO4S. The van der Waals surface area contributed by atoms with Gasteiger partial charge in [-0.05, 0) is 44.9 Å². The summed E-state index contributed by atoms with van der Waals surface area (Å²) in [6, 6.07) is 7.05. The molecule has 0 saturated heterocycles. The van der Waals surface area contributed by atoms with Crippen molar-refractivity contribution in [3.05, 3.63) is 29.8 Å². The molecular weight excluding hydrogens is 374 g/mol. The second-order valence-electron chi connectivity index (χ2n) is 7.56.